The van der Waals surface area contributed by atoms with Gasteiger partial charge in [0, 0.05) is 23.8 Å². The average Bonchev–Trinajstić information content (AvgIpc) is 2.66. The molecule has 5 nitrogen and oxygen atoms in total. The molecule has 0 aromatic carbocycles. The predicted octanol–water partition coefficient (Wildman–Crippen LogP) is 1.61. The standard InChI is InChI=1S/C12H18BrN3O2/c1-3-5-16-7-9(13)6-10(16)12(18)15(4-2)8-11(14)17/h6-7H,3-5,8H2,1-2H3,(H2,14,17). The Kier molecular flexibility index (Phi) is 5.40. The molecule has 2 N–H and O–H groups in total. The van der Waals surface area contributed by atoms with Crippen molar-refractivity contribution in [1.29, 1.82) is 0 Å². The smallest absolute Gasteiger partial charge is 0.270 e. The summed E-state index contributed by atoms with van der Waals surface area (Å²) < 4.78 is 2.74. The molecule has 18 heavy (non-hydrogen) atoms. The number of likely N-dealkylation sites (N-methyl/N-ethyl adjacent to an activating group) is 1. The fourth-order valence-corrected chi connectivity index (χ4v) is 2.22. The third kappa shape index (κ3) is 3.60. The number of aromatic nitrogens is 1. The van der Waals surface area contributed by atoms with Gasteiger partial charge in [-0.05, 0) is 35.3 Å². The predicted molar refractivity (Wildman–Crippen MR) is 73.2 cm³/mol. The van der Waals surface area contributed by atoms with Gasteiger partial charge in [0.05, 0.1) is 6.54 Å². The van der Waals surface area contributed by atoms with Crippen molar-refractivity contribution in [2.24, 2.45) is 5.73 Å². The van der Waals surface area contributed by atoms with Crippen LogP contribution >= 0.6 is 15.9 Å². The summed E-state index contributed by atoms with van der Waals surface area (Å²) in [5.74, 6) is -0.673. The molecule has 0 aliphatic rings. The molecule has 0 saturated carbocycles. The summed E-state index contributed by atoms with van der Waals surface area (Å²) in [4.78, 5) is 24.7. The molecule has 100 valence electrons. The molecule has 1 aromatic heterocycles. The van der Waals surface area contributed by atoms with Crippen LogP contribution in [0.15, 0.2) is 16.7 Å². The maximum absolute atomic E-state index is 12.3. The lowest BCUT2D eigenvalue weighted by molar-refractivity contribution is -0.118. The lowest BCUT2D eigenvalue weighted by atomic mass is 10.3. The molecule has 1 aromatic rings. The molecule has 1 rings (SSSR count). The molecule has 0 fully saturated rings. The van der Waals surface area contributed by atoms with Gasteiger partial charge in [-0.15, -0.1) is 0 Å². The monoisotopic (exact) mass is 315 g/mol. The van der Waals surface area contributed by atoms with Gasteiger partial charge in [0.15, 0.2) is 0 Å². The Balaban J connectivity index is 2.96. The second-order valence-corrected chi connectivity index (χ2v) is 4.94. The minimum Gasteiger partial charge on any atom is -0.368 e. The Labute approximate surface area is 115 Å². The Morgan fingerprint density at radius 1 is 1.44 bits per heavy atom. The van der Waals surface area contributed by atoms with E-state index in [0.29, 0.717) is 12.2 Å². The Bertz CT molecular complexity index is 443. The Hall–Kier alpha value is -1.30. The number of aryl methyl sites for hydroxylation is 1. The highest BCUT2D eigenvalue weighted by atomic mass is 79.9. The van der Waals surface area contributed by atoms with E-state index in [-0.39, 0.29) is 12.5 Å². The summed E-state index contributed by atoms with van der Waals surface area (Å²) in [5, 5.41) is 0. The number of rotatable bonds is 6. The molecule has 0 saturated heterocycles. The first kappa shape index (κ1) is 14.8. The van der Waals surface area contributed by atoms with E-state index in [1.54, 1.807) is 6.07 Å². The third-order valence-corrected chi connectivity index (χ3v) is 3.00. The number of hydrogen-bond donors (Lipinski definition) is 1. The molecular formula is C12H18BrN3O2. The van der Waals surface area contributed by atoms with Gasteiger partial charge < -0.3 is 15.2 Å². The number of nitrogens with zero attached hydrogens (tertiary/aromatic N) is 2. The first-order valence-electron chi connectivity index (χ1n) is 5.92. The topological polar surface area (TPSA) is 68.3 Å². The van der Waals surface area contributed by atoms with Gasteiger partial charge in [-0.1, -0.05) is 6.92 Å². The van der Waals surface area contributed by atoms with Gasteiger partial charge in [-0.2, -0.15) is 0 Å². The van der Waals surface area contributed by atoms with Crippen molar-refractivity contribution >= 4 is 27.7 Å². The van der Waals surface area contributed by atoms with Gasteiger partial charge in [-0.3, -0.25) is 9.59 Å². The molecular weight excluding hydrogens is 298 g/mol. The average molecular weight is 316 g/mol. The van der Waals surface area contributed by atoms with Crippen molar-refractivity contribution in [3.05, 3.63) is 22.4 Å². The van der Waals surface area contributed by atoms with Crippen LogP contribution in [0.1, 0.15) is 30.8 Å². The van der Waals surface area contributed by atoms with Crippen molar-refractivity contribution < 1.29 is 9.59 Å². The molecule has 0 unspecified atom stereocenters. The SMILES string of the molecule is CCCn1cc(Br)cc1C(=O)N(CC)CC(N)=O. The summed E-state index contributed by atoms with van der Waals surface area (Å²) in [6, 6.07) is 1.77. The van der Waals surface area contributed by atoms with Crippen molar-refractivity contribution in [3.63, 3.8) is 0 Å². The lowest BCUT2D eigenvalue weighted by Gasteiger charge is -2.19. The fraction of sp³-hybridized carbons (Fsp3) is 0.500. The second-order valence-electron chi connectivity index (χ2n) is 4.02. The van der Waals surface area contributed by atoms with E-state index in [1.165, 1.54) is 4.90 Å². The molecule has 2 amide bonds. The summed E-state index contributed by atoms with van der Waals surface area (Å²) in [5.41, 5.74) is 5.71. The highest BCUT2D eigenvalue weighted by molar-refractivity contribution is 9.10. The van der Waals surface area contributed by atoms with Crippen LogP contribution in [0.3, 0.4) is 0 Å². The van der Waals surface area contributed by atoms with Gasteiger partial charge in [0.2, 0.25) is 5.91 Å². The first-order valence-corrected chi connectivity index (χ1v) is 6.72. The van der Waals surface area contributed by atoms with Crippen LogP contribution < -0.4 is 5.73 Å². The van der Waals surface area contributed by atoms with Crippen molar-refractivity contribution in [1.82, 2.24) is 9.47 Å². The van der Waals surface area contributed by atoms with Crippen LogP contribution in [0.4, 0.5) is 0 Å². The van der Waals surface area contributed by atoms with Crippen LogP contribution in [0.5, 0.6) is 0 Å². The number of hydrogen-bond acceptors (Lipinski definition) is 2. The molecule has 6 heteroatoms. The maximum Gasteiger partial charge on any atom is 0.270 e. The van der Waals surface area contributed by atoms with E-state index in [0.717, 1.165) is 17.4 Å². The van der Waals surface area contributed by atoms with Crippen molar-refractivity contribution in [3.8, 4) is 0 Å². The van der Waals surface area contributed by atoms with Crippen LogP contribution in [-0.4, -0.2) is 34.4 Å². The fourth-order valence-electron chi connectivity index (χ4n) is 1.76. The zero-order valence-electron chi connectivity index (χ0n) is 10.6. The first-order chi connectivity index (χ1) is 8.49. The Morgan fingerprint density at radius 3 is 2.61 bits per heavy atom. The summed E-state index contributed by atoms with van der Waals surface area (Å²) in [7, 11) is 0. The van der Waals surface area contributed by atoms with E-state index < -0.39 is 5.91 Å². The second kappa shape index (κ2) is 6.58. The molecule has 0 spiro atoms. The van der Waals surface area contributed by atoms with E-state index in [2.05, 4.69) is 15.9 Å². The summed E-state index contributed by atoms with van der Waals surface area (Å²) >= 11 is 3.36. The van der Waals surface area contributed by atoms with E-state index in [4.69, 9.17) is 5.73 Å². The normalized spacial score (nSPS) is 10.4. The molecule has 0 atom stereocenters. The van der Waals surface area contributed by atoms with Gasteiger partial charge >= 0.3 is 0 Å². The lowest BCUT2D eigenvalue weighted by Crippen LogP contribution is -2.39. The largest absolute Gasteiger partial charge is 0.368 e. The number of carbonyl (C=O) groups excluding carboxylic acids is 2. The van der Waals surface area contributed by atoms with Crippen LogP contribution in [-0.2, 0) is 11.3 Å². The quantitative estimate of drug-likeness (QED) is 0.866. The molecule has 0 radical (unpaired) electrons. The number of amides is 2. The van der Waals surface area contributed by atoms with Gasteiger partial charge in [0.1, 0.15) is 5.69 Å². The van der Waals surface area contributed by atoms with Crippen LogP contribution in [0.25, 0.3) is 0 Å². The van der Waals surface area contributed by atoms with E-state index >= 15 is 0 Å². The summed E-state index contributed by atoms with van der Waals surface area (Å²) in [6.07, 6.45) is 2.80. The molecule has 0 bridgehead atoms. The highest BCUT2D eigenvalue weighted by Gasteiger charge is 2.19. The third-order valence-electron chi connectivity index (χ3n) is 2.56. The zero-order valence-corrected chi connectivity index (χ0v) is 12.2. The summed E-state index contributed by atoms with van der Waals surface area (Å²) in [6.45, 7) is 5.04. The minimum atomic E-state index is -0.502. The highest BCUT2D eigenvalue weighted by Crippen LogP contribution is 2.17. The maximum atomic E-state index is 12.3. The Morgan fingerprint density at radius 2 is 2.11 bits per heavy atom. The van der Waals surface area contributed by atoms with E-state index in [1.807, 2.05) is 24.6 Å². The van der Waals surface area contributed by atoms with E-state index in [9.17, 15) is 9.59 Å². The molecule has 0 aliphatic carbocycles. The number of carbonyl (C=O) groups is 2. The van der Waals surface area contributed by atoms with Crippen molar-refractivity contribution in [2.45, 2.75) is 26.8 Å². The number of halogens is 1. The molecule has 0 aliphatic heterocycles. The number of primary amides is 1. The van der Waals surface area contributed by atoms with Crippen molar-refractivity contribution in [2.75, 3.05) is 13.1 Å². The number of nitrogens with two attached hydrogens (primary N) is 1. The van der Waals surface area contributed by atoms with Crippen LogP contribution in [0, 0.1) is 0 Å². The van der Waals surface area contributed by atoms with Crippen LogP contribution in [0.2, 0.25) is 0 Å². The zero-order chi connectivity index (χ0) is 13.7. The van der Waals surface area contributed by atoms with Gasteiger partial charge in [0.25, 0.3) is 5.91 Å². The molecule has 1 heterocycles. The minimum absolute atomic E-state index is 0.0513. The van der Waals surface area contributed by atoms with Gasteiger partial charge in [-0.25, -0.2) is 0 Å².